The van der Waals surface area contributed by atoms with Gasteiger partial charge in [-0.05, 0) is 42.8 Å². The second kappa shape index (κ2) is 8.91. The molecule has 7 heteroatoms. The quantitative estimate of drug-likeness (QED) is 0.684. The van der Waals surface area contributed by atoms with Crippen LogP contribution in [0.4, 0.5) is 5.69 Å². The van der Waals surface area contributed by atoms with Crippen molar-refractivity contribution in [3.63, 3.8) is 0 Å². The Hall–Kier alpha value is -3.47. The van der Waals surface area contributed by atoms with Gasteiger partial charge in [0.05, 0.1) is 30.0 Å². The van der Waals surface area contributed by atoms with Gasteiger partial charge >= 0.3 is 0 Å². The summed E-state index contributed by atoms with van der Waals surface area (Å²) in [6.07, 6.45) is 0.0417. The second-order valence-electron chi connectivity index (χ2n) is 7.06. The van der Waals surface area contributed by atoms with Crippen LogP contribution in [0.2, 0.25) is 0 Å². The number of anilines is 1. The lowest BCUT2D eigenvalue weighted by atomic mass is 10.1. The van der Waals surface area contributed by atoms with Crippen molar-refractivity contribution in [1.29, 1.82) is 5.26 Å². The maximum atomic E-state index is 12.9. The summed E-state index contributed by atoms with van der Waals surface area (Å²) in [5, 5.41) is 19.8. The number of hydrogen-bond donors (Lipinski definition) is 2. The molecule has 1 fully saturated rings. The fraction of sp³-hybridized carbons (Fsp3) is 0.261. The molecule has 2 heterocycles. The van der Waals surface area contributed by atoms with Crippen molar-refractivity contribution in [3.8, 4) is 17.3 Å². The average molecular weight is 401 g/mol. The summed E-state index contributed by atoms with van der Waals surface area (Å²) in [7, 11) is 0. The van der Waals surface area contributed by atoms with Crippen molar-refractivity contribution in [1.82, 2.24) is 15.1 Å². The highest BCUT2D eigenvalue weighted by molar-refractivity contribution is 6.03. The zero-order valence-electron chi connectivity index (χ0n) is 16.8. The van der Waals surface area contributed by atoms with Gasteiger partial charge in [0.25, 0.3) is 5.91 Å². The number of benzene rings is 2. The summed E-state index contributed by atoms with van der Waals surface area (Å²) in [5.74, 6) is -0.215. The van der Waals surface area contributed by atoms with Crippen molar-refractivity contribution in [3.05, 3.63) is 71.4 Å². The first kappa shape index (κ1) is 19.8. The molecule has 4 rings (SSSR count). The number of carbonyl (C=O) groups excluding carboxylic acids is 1. The number of amides is 1. The van der Waals surface area contributed by atoms with Crippen molar-refractivity contribution in [2.24, 2.45) is 0 Å². The molecular weight excluding hydrogens is 378 g/mol. The standard InChI is InChI=1S/C23H23N5O2/c1-2-28-21(13-20(27-28)17-5-3-16(14-24)4-6-17)23(29)26-19-9-7-18(8-10-19)22-15-25-11-12-30-22/h3-10,13,22,25H,2,11-12,15H2,1H3,(H,26,29)/t22-/m1/s1. The first-order chi connectivity index (χ1) is 14.7. The zero-order chi connectivity index (χ0) is 20.9. The Kier molecular flexibility index (Phi) is 5.89. The maximum Gasteiger partial charge on any atom is 0.273 e. The van der Waals surface area contributed by atoms with E-state index in [9.17, 15) is 4.79 Å². The Balaban J connectivity index is 1.50. The molecule has 1 aliphatic heterocycles. The van der Waals surface area contributed by atoms with Gasteiger partial charge in [-0.15, -0.1) is 0 Å². The van der Waals surface area contributed by atoms with E-state index in [1.165, 1.54) is 0 Å². The molecule has 2 aromatic carbocycles. The Morgan fingerprint density at radius 3 is 2.67 bits per heavy atom. The highest BCUT2D eigenvalue weighted by Crippen LogP contribution is 2.23. The topological polar surface area (TPSA) is 92.0 Å². The smallest absolute Gasteiger partial charge is 0.273 e. The van der Waals surface area contributed by atoms with Crippen LogP contribution < -0.4 is 10.6 Å². The molecule has 1 aliphatic rings. The maximum absolute atomic E-state index is 12.9. The highest BCUT2D eigenvalue weighted by atomic mass is 16.5. The molecule has 30 heavy (non-hydrogen) atoms. The van der Waals surface area contributed by atoms with Crippen LogP contribution in [0.5, 0.6) is 0 Å². The van der Waals surface area contributed by atoms with Gasteiger partial charge in [0.2, 0.25) is 0 Å². The Morgan fingerprint density at radius 2 is 2.03 bits per heavy atom. The molecule has 1 aromatic heterocycles. The lowest BCUT2D eigenvalue weighted by Crippen LogP contribution is -2.33. The number of rotatable bonds is 5. The van der Waals surface area contributed by atoms with Crippen LogP contribution in [0, 0.1) is 11.3 Å². The fourth-order valence-corrected chi connectivity index (χ4v) is 3.45. The van der Waals surface area contributed by atoms with Crippen molar-refractivity contribution in [2.45, 2.75) is 19.6 Å². The van der Waals surface area contributed by atoms with Crippen LogP contribution in [-0.2, 0) is 11.3 Å². The Labute approximate surface area is 175 Å². The lowest BCUT2D eigenvalue weighted by molar-refractivity contribution is 0.0277. The predicted molar refractivity (Wildman–Crippen MR) is 114 cm³/mol. The molecule has 0 aliphatic carbocycles. The number of morpholine rings is 1. The van der Waals surface area contributed by atoms with E-state index in [1.54, 1.807) is 22.9 Å². The summed E-state index contributed by atoms with van der Waals surface area (Å²) in [6, 6.07) is 18.8. The van der Waals surface area contributed by atoms with Crippen molar-refractivity contribution in [2.75, 3.05) is 25.0 Å². The van der Waals surface area contributed by atoms with E-state index in [0.29, 0.717) is 30.1 Å². The molecule has 2 N–H and O–H groups in total. The molecule has 0 radical (unpaired) electrons. The van der Waals surface area contributed by atoms with E-state index in [-0.39, 0.29) is 12.0 Å². The number of ether oxygens (including phenoxy) is 1. The van der Waals surface area contributed by atoms with Crippen LogP contribution in [0.25, 0.3) is 11.3 Å². The van der Waals surface area contributed by atoms with E-state index in [4.69, 9.17) is 10.00 Å². The number of hydrogen-bond acceptors (Lipinski definition) is 5. The monoisotopic (exact) mass is 401 g/mol. The highest BCUT2D eigenvalue weighted by Gasteiger charge is 2.18. The molecule has 1 amide bonds. The molecule has 0 bridgehead atoms. The van der Waals surface area contributed by atoms with Gasteiger partial charge in [-0.3, -0.25) is 9.48 Å². The van der Waals surface area contributed by atoms with Crippen LogP contribution in [0.3, 0.4) is 0 Å². The molecular formula is C23H23N5O2. The summed E-state index contributed by atoms with van der Waals surface area (Å²) >= 11 is 0. The van der Waals surface area contributed by atoms with E-state index >= 15 is 0 Å². The molecule has 1 saturated heterocycles. The third kappa shape index (κ3) is 4.25. The summed E-state index contributed by atoms with van der Waals surface area (Å²) in [5.41, 5.74) is 4.44. The first-order valence-electron chi connectivity index (χ1n) is 10.00. The normalized spacial score (nSPS) is 16.1. The number of aryl methyl sites for hydroxylation is 1. The summed E-state index contributed by atoms with van der Waals surface area (Å²) < 4.78 is 7.44. The molecule has 0 saturated carbocycles. The predicted octanol–water partition coefficient (Wildman–Crippen LogP) is 3.35. The number of nitriles is 1. The lowest BCUT2D eigenvalue weighted by Gasteiger charge is -2.24. The van der Waals surface area contributed by atoms with Crippen molar-refractivity contribution < 1.29 is 9.53 Å². The zero-order valence-corrected chi connectivity index (χ0v) is 16.8. The first-order valence-corrected chi connectivity index (χ1v) is 10.00. The van der Waals surface area contributed by atoms with Gasteiger partial charge < -0.3 is 15.4 Å². The van der Waals surface area contributed by atoms with Crippen LogP contribution >= 0.6 is 0 Å². The minimum atomic E-state index is -0.215. The SMILES string of the molecule is CCn1nc(-c2ccc(C#N)cc2)cc1C(=O)Nc1ccc([C@H]2CNCCO2)cc1. The van der Waals surface area contributed by atoms with Crippen molar-refractivity contribution >= 4 is 11.6 Å². The Morgan fingerprint density at radius 1 is 1.27 bits per heavy atom. The number of nitrogens with one attached hydrogen (secondary N) is 2. The van der Waals surface area contributed by atoms with Gasteiger partial charge in [0.15, 0.2) is 0 Å². The second-order valence-corrected chi connectivity index (χ2v) is 7.06. The summed E-state index contributed by atoms with van der Waals surface area (Å²) in [4.78, 5) is 12.9. The molecule has 7 nitrogen and oxygen atoms in total. The van der Waals surface area contributed by atoms with E-state index in [0.717, 1.165) is 29.9 Å². The van der Waals surface area contributed by atoms with E-state index < -0.39 is 0 Å². The summed E-state index contributed by atoms with van der Waals surface area (Å²) in [6.45, 7) is 4.88. The molecule has 152 valence electrons. The Bertz CT molecular complexity index is 1060. The van der Waals surface area contributed by atoms with Crippen LogP contribution in [0.1, 0.15) is 34.6 Å². The number of carbonyl (C=O) groups is 1. The largest absolute Gasteiger partial charge is 0.371 e. The van der Waals surface area contributed by atoms with Gasteiger partial charge in [0.1, 0.15) is 5.69 Å². The number of nitrogens with zero attached hydrogens (tertiary/aromatic N) is 3. The molecule has 1 atom stereocenters. The third-order valence-electron chi connectivity index (χ3n) is 5.09. The number of aromatic nitrogens is 2. The van der Waals surface area contributed by atoms with Gasteiger partial charge in [0, 0.05) is 30.9 Å². The average Bonchev–Trinajstić information content (AvgIpc) is 3.25. The van der Waals surface area contributed by atoms with Gasteiger partial charge in [-0.25, -0.2) is 0 Å². The molecule has 3 aromatic rings. The van der Waals surface area contributed by atoms with Crippen LogP contribution in [-0.4, -0.2) is 35.4 Å². The van der Waals surface area contributed by atoms with Crippen LogP contribution in [0.15, 0.2) is 54.6 Å². The van der Waals surface area contributed by atoms with E-state index in [1.807, 2.05) is 43.3 Å². The minimum absolute atomic E-state index is 0.0417. The molecule has 0 spiro atoms. The third-order valence-corrected chi connectivity index (χ3v) is 5.09. The van der Waals surface area contributed by atoms with Gasteiger partial charge in [-0.2, -0.15) is 10.4 Å². The molecule has 0 unspecified atom stereocenters. The van der Waals surface area contributed by atoms with Gasteiger partial charge in [-0.1, -0.05) is 24.3 Å². The minimum Gasteiger partial charge on any atom is -0.371 e. The van der Waals surface area contributed by atoms with E-state index in [2.05, 4.69) is 21.8 Å². The fourth-order valence-electron chi connectivity index (χ4n) is 3.45.